The molecule has 70 valence electrons. The molecule has 2 saturated carbocycles. The van der Waals surface area contributed by atoms with Gasteiger partial charge in [0.1, 0.15) is 0 Å². The lowest BCUT2D eigenvalue weighted by Gasteiger charge is -2.38. The Bertz CT molecular complexity index is 174. The van der Waals surface area contributed by atoms with Crippen molar-refractivity contribution in [3.63, 3.8) is 0 Å². The van der Waals surface area contributed by atoms with Crippen LogP contribution in [0.25, 0.3) is 0 Å². The minimum Gasteiger partial charge on any atom is -0.313 e. The Kier molecular flexibility index (Phi) is 1.95. The summed E-state index contributed by atoms with van der Waals surface area (Å²) < 4.78 is 0. The first-order valence-corrected chi connectivity index (χ1v) is 5.39. The van der Waals surface area contributed by atoms with Gasteiger partial charge in [0.15, 0.2) is 0 Å². The van der Waals surface area contributed by atoms with Crippen LogP contribution in [0.5, 0.6) is 0 Å². The summed E-state index contributed by atoms with van der Waals surface area (Å²) in [5.74, 6) is 2.00. The van der Waals surface area contributed by atoms with Crippen molar-refractivity contribution in [2.45, 2.75) is 46.1 Å². The van der Waals surface area contributed by atoms with Crippen LogP contribution >= 0.6 is 0 Å². The van der Waals surface area contributed by atoms with Gasteiger partial charge in [0, 0.05) is 6.04 Å². The molecule has 1 nitrogen and oxygen atoms in total. The molecule has 0 spiro atoms. The average molecular weight is 167 g/mol. The zero-order valence-electron chi connectivity index (χ0n) is 8.56. The highest BCUT2D eigenvalue weighted by molar-refractivity contribution is 5.05. The minimum absolute atomic E-state index is 0.568. The molecule has 2 rings (SSSR count). The molecule has 3 unspecified atom stereocenters. The Balaban J connectivity index is 2.12. The molecule has 0 radical (unpaired) electrons. The van der Waals surface area contributed by atoms with E-state index in [0.29, 0.717) is 5.41 Å². The normalized spacial score (nSPS) is 43.8. The van der Waals surface area contributed by atoms with Gasteiger partial charge in [0.2, 0.25) is 0 Å². The highest BCUT2D eigenvalue weighted by Crippen LogP contribution is 2.55. The Morgan fingerprint density at radius 2 is 2.08 bits per heavy atom. The second-order valence-corrected chi connectivity index (χ2v) is 5.13. The molecule has 0 aromatic heterocycles. The van der Waals surface area contributed by atoms with E-state index in [4.69, 9.17) is 0 Å². The molecule has 2 bridgehead atoms. The van der Waals surface area contributed by atoms with E-state index in [9.17, 15) is 0 Å². The van der Waals surface area contributed by atoms with Crippen LogP contribution in [-0.2, 0) is 0 Å². The van der Waals surface area contributed by atoms with Crippen LogP contribution in [0.4, 0.5) is 0 Å². The van der Waals surface area contributed by atoms with Crippen LogP contribution in [-0.4, -0.2) is 12.6 Å². The number of fused-ring (bicyclic) bond motifs is 2. The molecule has 2 aliphatic carbocycles. The summed E-state index contributed by atoms with van der Waals surface area (Å²) in [5, 5.41) is 3.67. The van der Waals surface area contributed by atoms with E-state index in [-0.39, 0.29) is 0 Å². The zero-order valence-corrected chi connectivity index (χ0v) is 8.56. The van der Waals surface area contributed by atoms with Gasteiger partial charge >= 0.3 is 0 Å². The summed E-state index contributed by atoms with van der Waals surface area (Å²) in [4.78, 5) is 0. The molecule has 1 heteroatoms. The van der Waals surface area contributed by atoms with E-state index in [0.717, 1.165) is 24.4 Å². The van der Waals surface area contributed by atoms with Gasteiger partial charge in [-0.25, -0.2) is 0 Å². The third-order valence-corrected chi connectivity index (χ3v) is 4.22. The molecule has 0 aromatic carbocycles. The second kappa shape index (κ2) is 2.73. The van der Waals surface area contributed by atoms with E-state index in [1.54, 1.807) is 0 Å². The monoisotopic (exact) mass is 167 g/mol. The van der Waals surface area contributed by atoms with Crippen molar-refractivity contribution in [1.82, 2.24) is 5.32 Å². The highest BCUT2D eigenvalue weighted by Gasteiger charge is 2.52. The largest absolute Gasteiger partial charge is 0.313 e. The van der Waals surface area contributed by atoms with Gasteiger partial charge in [0.25, 0.3) is 0 Å². The molecule has 3 atom stereocenters. The van der Waals surface area contributed by atoms with Gasteiger partial charge in [-0.3, -0.25) is 0 Å². The standard InChI is InChI=1S/C11H21N/c1-4-12-10-8-5-6-9(7-8)11(10,2)3/h8-10,12H,4-7H2,1-3H3. The van der Waals surface area contributed by atoms with Crippen molar-refractivity contribution in [3.8, 4) is 0 Å². The molecular formula is C11H21N. The number of hydrogen-bond donors (Lipinski definition) is 1. The minimum atomic E-state index is 0.568. The summed E-state index contributed by atoms with van der Waals surface area (Å²) in [6.45, 7) is 8.26. The van der Waals surface area contributed by atoms with E-state index >= 15 is 0 Å². The van der Waals surface area contributed by atoms with Crippen molar-refractivity contribution < 1.29 is 0 Å². The molecule has 12 heavy (non-hydrogen) atoms. The van der Waals surface area contributed by atoms with Crippen LogP contribution in [0.3, 0.4) is 0 Å². The Morgan fingerprint density at radius 3 is 2.58 bits per heavy atom. The summed E-state index contributed by atoms with van der Waals surface area (Å²) in [6.07, 6.45) is 4.45. The molecule has 0 aliphatic heterocycles. The van der Waals surface area contributed by atoms with E-state index < -0.39 is 0 Å². The van der Waals surface area contributed by atoms with E-state index in [2.05, 4.69) is 26.1 Å². The first kappa shape index (κ1) is 8.55. The maximum atomic E-state index is 3.67. The lowest BCUT2D eigenvalue weighted by atomic mass is 9.73. The van der Waals surface area contributed by atoms with E-state index in [1.807, 2.05) is 0 Å². The van der Waals surface area contributed by atoms with Crippen molar-refractivity contribution in [2.24, 2.45) is 17.3 Å². The summed E-state index contributed by atoms with van der Waals surface area (Å²) >= 11 is 0. The summed E-state index contributed by atoms with van der Waals surface area (Å²) in [5.41, 5.74) is 0.568. The average Bonchev–Trinajstić information content (AvgIpc) is 2.53. The van der Waals surface area contributed by atoms with Crippen LogP contribution in [0.2, 0.25) is 0 Å². The molecule has 0 aromatic rings. The summed E-state index contributed by atoms with van der Waals surface area (Å²) in [6, 6.07) is 0.807. The third kappa shape index (κ3) is 1.02. The fraction of sp³-hybridized carbons (Fsp3) is 1.00. The van der Waals surface area contributed by atoms with Crippen molar-refractivity contribution in [3.05, 3.63) is 0 Å². The van der Waals surface area contributed by atoms with Crippen LogP contribution in [0, 0.1) is 17.3 Å². The maximum absolute atomic E-state index is 3.67. The fourth-order valence-corrected chi connectivity index (χ4v) is 3.51. The number of nitrogens with one attached hydrogen (secondary N) is 1. The van der Waals surface area contributed by atoms with Gasteiger partial charge in [-0.2, -0.15) is 0 Å². The number of hydrogen-bond acceptors (Lipinski definition) is 1. The predicted octanol–water partition coefficient (Wildman–Crippen LogP) is 2.42. The van der Waals surface area contributed by atoms with Gasteiger partial charge in [-0.15, -0.1) is 0 Å². The second-order valence-electron chi connectivity index (χ2n) is 5.13. The highest BCUT2D eigenvalue weighted by atomic mass is 15.0. The third-order valence-electron chi connectivity index (χ3n) is 4.22. The SMILES string of the molecule is CCNC1C2CCC(C2)C1(C)C. The van der Waals surface area contributed by atoms with E-state index in [1.165, 1.54) is 19.3 Å². The van der Waals surface area contributed by atoms with Crippen molar-refractivity contribution in [1.29, 1.82) is 0 Å². The number of rotatable bonds is 2. The molecule has 1 N–H and O–H groups in total. The molecule has 2 aliphatic rings. The fourth-order valence-electron chi connectivity index (χ4n) is 3.51. The first-order chi connectivity index (χ1) is 5.66. The quantitative estimate of drug-likeness (QED) is 0.666. The molecule has 0 heterocycles. The Hall–Kier alpha value is -0.0400. The van der Waals surface area contributed by atoms with Gasteiger partial charge < -0.3 is 5.32 Å². The maximum Gasteiger partial charge on any atom is 0.0149 e. The van der Waals surface area contributed by atoms with Crippen molar-refractivity contribution >= 4 is 0 Å². The Morgan fingerprint density at radius 1 is 1.33 bits per heavy atom. The zero-order chi connectivity index (χ0) is 8.77. The van der Waals surface area contributed by atoms with Crippen LogP contribution in [0.1, 0.15) is 40.0 Å². The topological polar surface area (TPSA) is 12.0 Å². The van der Waals surface area contributed by atoms with Gasteiger partial charge in [-0.05, 0) is 43.1 Å². The molecular weight excluding hydrogens is 146 g/mol. The summed E-state index contributed by atoms with van der Waals surface area (Å²) in [7, 11) is 0. The first-order valence-electron chi connectivity index (χ1n) is 5.39. The molecule has 0 saturated heterocycles. The molecule has 2 fully saturated rings. The van der Waals surface area contributed by atoms with Crippen LogP contribution < -0.4 is 5.32 Å². The Labute approximate surface area is 75.9 Å². The van der Waals surface area contributed by atoms with Crippen molar-refractivity contribution in [2.75, 3.05) is 6.54 Å². The smallest absolute Gasteiger partial charge is 0.0149 e. The predicted molar refractivity (Wildman–Crippen MR) is 52.1 cm³/mol. The lowest BCUT2D eigenvalue weighted by Crippen LogP contribution is -2.45. The lowest BCUT2D eigenvalue weighted by molar-refractivity contribution is 0.153. The van der Waals surface area contributed by atoms with Crippen LogP contribution in [0.15, 0.2) is 0 Å². The van der Waals surface area contributed by atoms with Gasteiger partial charge in [-0.1, -0.05) is 20.8 Å². The van der Waals surface area contributed by atoms with Gasteiger partial charge in [0.05, 0.1) is 0 Å². The molecule has 0 amide bonds.